The lowest BCUT2D eigenvalue weighted by molar-refractivity contribution is 0.141. The average molecular weight is 252 g/mol. The maximum absolute atomic E-state index is 12.9. The fourth-order valence-corrected chi connectivity index (χ4v) is 1.52. The Morgan fingerprint density at radius 2 is 2.28 bits per heavy atom. The van der Waals surface area contributed by atoms with Gasteiger partial charge in [-0.15, -0.1) is 5.10 Å². The Kier molecular flexibility index (Phi) is 4.46. The largest absolute Gasteiger partial charge is 0.380 e. The molecule has 0 saturated heterocycles. The molecule has 0 saturated carbocycles. The lowest BCUT2D eigenvalue weighted by Gasteiger charge is -2.03. The van der Waals surface area contributed by atoms with Gasteiger partial charge in [-0.1, -0.05) is 13.3 Å². The molecule has 0 spiro atoms. The number of halogens is 1. The van der Waals surface area contributed by atoms with Gasteiger partial charge in [-0.3, -0.25) is 0 Å². The number of hydrogen-bond acceptors (Lipinski definition) is 4. The van der Waals surface area contributed by atoms with E-state index in [1.54, 1.807) is 6.07 Å². The van der Waals surface area contributed by atoms with Crippen LogP contribution < -0.4 is 5.32 Å². The lowest BCUT2D eigenvalue weighted by atomic mass is 10.4. The molecule has 0 amide bonds. The highest BCUT2D eigenvalue weighted by molar-refractivity contribution is 5.42. The molecule has 0 aliphatic heterocycles. The predicted octanol–water partition coefficient (Wildman–Crippen LogP) is 2.10. The first-order chi connectivity index (χ1) is 8.79. The first-order valence-electron chi connectivity index (χ1n) is 6.13. The molecule has 0 unspecified atom stereocenters. The Morgan fingerprint density at radius 1 is 1.39 bits per heavy atom. The van der Waals surface area contributed by atoms with Crippen molar-refractivity contribution in [1.29, 1.82) is 0 Å². The third-order valence-electron chi connectivity index (χ3n) is 2.47. The van der Waals surface area contributed by atoms with Crippen LogP contribution in [0.3, 0.4) is 0 Å². The molecule has 2 heterocycles. The number of unbranched alkanes of at least 4 members (excludes halogenated alkanes) is 1. The second kappa shape index (κ2) is 6.30. The maximum atomic E-state index is 12.9. The number of pyridine rings is 1. The molecular formula is C12H17FN4O. The fraction of sp³-hybridized carbons (Fsp3) is 0.500. The summed E-state index contributed by atoms with van der Waals surface area (Å²) < 4.78 is 19.8. The van der Waals surface area contributed by atoms with E-state index in [1.165, 1.54) is 16.8 Å². The van der Waals surface area contributed by atoms with Gasteiger partial charge >= 0.3 is 0 Å². The van der Waals surface area contributed by atoms with E-state index >= 15 is 0 Å². The van der Waals surface area contributed by atoms with Gasteiger partial charge in [0.25, 0.3) is 0 Å². The summed E-state index contributed by atoms with van der Waals surface area (Å²) in [5.41, 5.74) is 0.616. The number of aromatic nitrogens is 3. The summed E-state index contributed by atoms with van der Waals surface area (Å²) in [6.45, 7) is 4.16. The SMILES string of the molecule is CCCCOCCNc1nc2ccc(F)cn2n1. The Labute approximate surface area is 105 Å². The van der Waals surface area contributed by atoms with E-state index in [-0.39, 0.29) is 5.82 Å². The zero-order valence-electron chi connectivity index (χ0n) is 10.4. The number of nitrogens with one attached hydrogen (secondary N) is 1. The van der Waals surface area contributed by atoms with E-state index in [0.717, 1.165) is 19.4 Å². The zero-order chi connectivity index (χ0) is 12.8. The highest BCUT2D eigenvalue weighted by Crippen LogP contribution is 2.06. The lowest BCUT2D eigenvalue weighted by Crippen LogP contribution is -2.10. The van der Waals surface area contributed by atoms with Crippen LogP contribution in [0.1, 0.15) is 19.8 Å². The summed E-state index contributed by atoms with van der Waals surface area (Å²) in [4.78, 5) is 4.21. The molecule has 6 heteroatoms. The molecule has 0 aliphatic rings. The van der Waals surface area contributed by atoms with Crippen molar-refractivity contribution < 1.29 is 9.13 Å². The standard InChI is InChI=1S/C12H17FN4O/c1-2-3-7-18-8-6-14-12-15-11-5-4-10(13)9-17(11)16-12/h4-5,9H,2-3,6-8H2,1H3,(H,14,16). The molecule has 0 aliphatic carbocycles. The molecule has 0 fully saturated rings. The molecule has 2 rings (SSSR count). The van der Waals surface area contributed by atoms with Gasteiger partial charge in [0.2, 0.25) is 5.95 Å². The molecule has 2 aromatic rings. The van der Waals surface area contributed by atoms with Gasteiger partial charge in [0, 0.05) is 13.2 Å². The fourth-order valence-electron chi connectivity index (χ4n) is 1.52. The van der Waals surface area contributed by atoms with Crippen LogP contribution in [0.4, 0.5) is 10.3 Å². The molecule has 0 radical (unpaired) electrons. The van der Waals surface area contributed by atoms with E-state index < -0.39 is 0 Å². The van der Waals surface area contributed by atoms with Crippen molar-refractivity contribution in [3.63, 3.8) is 0 Å². The van der Waals surface area contributed by atoms with Crippen molar-refractivity contribution in [2.45, 2.75) is 19.8 Å². The second-order valence-corrected chi connectivity index (χ2v) is 3.98. The minimum atomic E-state index is -0.332. The molecule has 0 aromatic carbocycles. The summed E-state index contributed by atoms with van der Waals surface area (Å²) in [6, 6.07) is 2.95. The van der Waals surface area contributed by atoms with E-state index in [1.807, 2.05) is 0 Å². The minimum Gasteiger partial charge on any atom is -0.380 e. The Morgan fingerprint density at radius 3 is 3.11 bits per heavy atom. The molecular weight excluding hydrogens is 235 g/mol. The van der Waals surface area contributed by atoms with E-state index in [0.29, 0.717) is 24.7 Å². The van der Waals surface area contributed by atoms with Gasteiger partial charge in [0.05, 0.1) is 12.8 Å². The maximum Gasteiger partial charge on any atom is 0.243 e. The zero-order valence-corrected chi connectivity index (χ0v) is 10.4. The highest BCUT2D eigenvalue weighted by atomic mass is 19.1. The Bertz CT molecular complexity index is 500. The van der Waals surface area contributed by atoms with Crippen LogP contribution >= 0.6 is 0 Å². The third kappa shape index (κ3) is 3.40. The number of anilines is 1. The van der Waals surface area contributed by atoms with Crippen LogP contribution in [0.5, 0.6) is 0 Å². The van der Waals surface area contributed by atoms with Gasteiger partial charge < -0.3 is 10.1 Å². The molecule has 5 nitrogen and oxygen atoms in total. The van der Waals surface area contributed by atoms with Gasteiger partial charge in [-0.05, 0) is 18.6 Å². The van der Waals surface area contributed by atoms with Gasteiger partial charge in [0.15, 0.2) is 5.65 Å². The highest BCUT2D eigenvalue weighted by Gasteiger charge is 2.03. The normalized spacial score (nSPS) is 11.0. The minimum absolute atomic E-state index is 0.332. The predicted molar refractivity (Wildman–Crippen MR) is 67.2 cm³/mol. The molecule has 1 N–H and O–H groups in total. The van der Waals surface area contributed by atoms with Crippen molar-refractivity contribution in [3.05, 3.63) is 24.1 Å². The summed E-state index contributed by atoms with van der Waals surface area (Å²) in [7, 11) is 0. The smallest absolute Gasteiger partial charge is 0.243 e. The first kappa shape index (κ1) is 12.8. The number of ether oxygens (including phenoxy) is 1. The van der Waals surface area contributed by atoms with Crippen molar-refractivity contribution >= 4 is 11.6 Å². The van der Waals surface area contributed by atoms with Gasteiger partial charge in [-0.25, -0.2) is 8.91 Å². The quantitative estimate of drug-likeness (QED) is 0.767. The van der Waals surface area contributed by atoms with Crippen molar-refractivity contribution in [3.8, 4) is 0 Å². The topological polar surface area (TPSA) is 51.5 Å². The molecule has 98 valence electrons. The summed E-state index contributed by atoms with van der Waals surface area (Å²) in [5, 5.41) is 7.15. The van der Waals surface area contributed by atoms with E-state index in [2.05, 4.69) is 22.3 Å². The number of rotatable bonds is 7. The third-order valence-corrected chi connectivity index (χ3v) is 2.47. The average Bonchev–Trinajstić information content (AvgIpc) is 2.75. The Hall–Kier alpha value is -1.69. The summed E-state index contributed by atoms with van der Waals surface area (Å²) in [6.07, 6.45) is 3.50. The Balaban J connectivity index is 1.81. The summed E-state index contributed by atoms with van der Waals surface area (Å²) in [5.74, 6) is 0.154. The van der Waals surface area contributed by atoms with Crippen molar-refractivity contribution in [2.75, 3.05) is 25.1 Å². The van der Waals surface area contributed by atoms with Crippen molar-refractivity contribution in [1.82, 2.24) is 14.6 Å². The van der Waals surface area contributed by atoms with E-state index in [4.69, 9.17) is 4.74 Å². The number of nitrogens with zero attached hydrogens (tertiary/aromatic N) is 3. The van der Waals surface area contributed by atoms with Crippen LogP contribution in [-0.4, -0.2) is 34.4 Å². The van der Waals surface area contributed by atoms with Gasteiger partial charge in [-0.2, -0.15) is 4.98 Å². The van der Waals surface area contributed by atoms with Crippen LogP contribution in [0.25, 0.3) is 5.65 Å². The van der Waals surface area contributed by atoms with Crippen molar-refractivity contribution in [2.24, 2.45) is 0 Å². The first-order valence-corrected chi connectivity index (χ1v) is 6.13. The molecule has 2 aromatic heterocycles. The van der Waals surface area contributed by atoms with Gasteiger partial charge in [0.1, 0.15) is 5.82 Å². The molecule has 0 atom stereocenters. The van der Waals surface area contributed by atoms with Crippen LogP contribution in [0.2, 0.25) is 0 Å². The van der Waals surface area contributed by atoms with E-state index in [9.17, 15) is 4.39 Å². The number of hydrogen-bond donors (Lipinski definition) is 1. The van der Waals surface area contributed by atoms with Crippen LogP contribution in [-0.2, 0) is 4.74 Å². The van der Waals surface area contributed by atoms with Crippen LogP contribution in [0.15, 0.2) is 18.3 Å². The molecule has 0 bridgehead atoms. The monoisotopic (exact) mass is 252 g/mol. The summed E-state index contributed by atoms with van der Waals surface area (Å²) >= 11 is 0. The number of fused-ring (bicyclic) bond motifs is 1. The van der Waals surface area contributed by atoms with Crippen LogP contribution in [0, 0.1) is 5.82 Å². The second-order valence-electron chi connectivity index (χ2n) is 3.98. The molecule has 18 heavy (non-hydrogen) atoms.